The lowest BCUT2D eigenvalue weighted by atomic mass is 10.2. The first-order valence-electron chi connectivity index (χ1n) is 9.21. The fraction of sp³-hybridized carbons (Fsp3) is 0.286. The molecule has 0 aliphatic heterocycles. The summed E-state index contributed by atoms with van der Waals surface area (Å²) in [4.78, 5) is 19.5. The van der Waals surface area contributed by atoms with Gasteiger partial charge in [0, 0.05) is 18.4 Å². The molecule has 27 heavy (non-hydrogen) atoms. The predicted molar refractivity (Wildman–Crippen MR) is 103 cm³/mol. The summed E-state index contributed by atoms with van der Waals surface area (Å²) < 4.78 is 6.89. The molecule has 0 atom stereocenters. The standard InChI is InChI=1S/C21H22N4O2/c1-27-18-11-9-16(10-12-18)24-15-13-19(23-24)21(26)25(17-6-2-3-7-17)20-8-4-5-14-22-20/h4-5,8-15,17H,2-3,6-7H2,1H3. The van der Waals surface area contributed by atoms with Gasteiger partial charge in [-0.1, -0.05) is 18.9 Å². The third-order valence-electron chi connectivity index (χ3n) is 4.95. The van der Waals surface area contributed by atoms with Gasteiger partial charge in [0.1, 0.15) is 11.6 Å². The average Bonchev–Trinajstić information content (AvgIpc) is 3.41. The van der Waals surface area contributed by atoms with E-state index in [0.29, 0.717) is 11.5 Å². The number of rotatable bonds is 5. The van der Waals surface area contributed by atoms with Crippen molar-refractivity contribution in [3.63, 3.8) is 0 Å². The number of anilines is 1. The molecule has 0 bridgehead atoms. The van der Waals surface area contributed by atoms with E-state index >= 15 is 0 Å². The SMILES string of the molecule is COc1ccc(-n2ccc(C(=O)N(c3ccccn3)C3CCCC3)n2)cc1. The zero-order valence-corrected chi connectivity index (χ0v) is 15.3. The number of aromatic nitrogens is 3. The van der Waals surface area contributed by atoms with Crippen LogP contribution >= 0.6 is 0 Å². The molecule has 3 aromatic rings. The second-order valence-electron chi connectivity index (χ2n) is 6.64. The second kappa shape index (κ2) is 7.61. The van der Waals surface area contributed by atoms with Crippen LogP contribution in [0.15, 0.2) is 60.9 Å². The summed E-state index contributed by atoms with van der Waals surface area (Å²) in [6, 6.07) is 15.2. The number of hydrogen-bond acceptors (Lipinski definition) is 4. The summed E-state index contributed by atoms with van der Waals surface area (Å²) in [5, 5.41) is 4.51. The molecule has 1 fully saturated rings. The Bertz CT molecular complexity index is 899. The van der Waals surface area contributed by atoms with Crippen molar-refractivity contribution < 1.29 is 9.53 Å². The molecule has 2 heterocycles. The van der Waals surface area contributed by atoms with Gasteiger partial charge >= 0.3 is 0 Å². The van der Waals surface area contributed by atoms with E-state index in [1.165, 1.54) is 0 Å². The quantitative estimate of drug-likeness (QED) is 0.691. The molecule has 0 radical (unpaired) electrons. The number of ether oxygens (including phenoxy) is 1. The maximum Gasteiger partial charge on any atom is 0.280 e. The monoisotopic (exact) mass is 362 g/mol. The molecule has 4 rings (SSSR count). The van der Waals surface area contributed by atoms with Crippen LogP contribution in [-0.4, -0.2) is 33.8 Å². The van der Waals surface area contributed by atoms with Gasteiger partial charge in [-0.3, -0.25) is 9.69 Å². The lowest BCUT2D eigenvalue weighted by Crippen LogP contribution is -2.39. The van der Waals surface area contributed by atoms with E-state index in [2.05, 4.69) is 10.1 Å². The Morgan fingerprint density at radius 1 is 1.11 bits per heavy atom. The Morgan fingerprint density at radius 3 is 2.56 bits per heavy atom. The maximum atomic E-state index is 13.3. The van der Waals surface area contributed by atoms with Crippen molar-refractivity contribution in [2.45, 2.75) is 31.7 Å². The molecule has 1 aromatic carbocycles. The molecule has 0 spiro atoms. The largest absolute Gasteiger partial charge is 0.497 e. The Morgan fingerprint density at radius 2 is 1.89 bits per heavy atom. The van der Waals surface area contributed by atoms with Crippen LogP contribution in [0, 0.1) is 0 Å². The van der Waals surface area contributed by atoms with Gasteiger partial charge in [0.15, 0.2) is 5.69 Å². The predicted octanol–water partition coefficient (Wildman–Crippen LogP) is 3.87. The van der Waals surface area contributed by atoms with Crippen molar-refractivity contribution in [3.05, 3.63) is 66.6 Å². The van der Waals surface area contributed by atoms with Crippen LogP contribution in [0.3, 0.4) is 0 Å². The van der Waals surface area contributed by atoms with Gasteiger partial charge < -0.3 is 4.74 Å². The smallest absolute Gasteiger partial charge is 0.280 e. The van der Waals surface area contributed by atoms with Crippen molar-refractivity contribution in [2.75, 3.05) is 12.0 Å². The molecule has 1 aliphatic carbocycles. The Kier molecular flexibility index (Phi) is 4.87. The summed E-state index contributed by atoms with van der Waals surface area (Å²) in [5.74, 6) is 1.37. The van der Waals surface area contributed by atoms with Crippen molar-refractivity contribution in [1.29, 1.82) is 0 Å². The number of carbonyl (C=O) groups excluding carboxylic acids is 1. The molecule has 6 nitrogen and oxygen atoms in total. The Labute approximate surface area is 158 Å². The van der Waals surface area contributed by atoms with E-state index in [0.717, 1.165) is 37.1 Å². The fourth-order valence-corrected chi connectivity index (χ4v) is 3.56. The summed E-state index contributed by atoms with van der Waals surface area (Å²) in [6.45, 7) is 0. The third-order valence-corrected chi connectivity index (χ3v) is 4.95. The number of nitrogens with zero attached hydrogens (tertiary/aromatic N) is 4. The van der Waals surface area contributed by atoms with Crippen LogP contribution in [0.1, 0.15) is 36.2 Å². The molecule has 0 unspecified atom stereocenters. The van der Waals surface area contributed by atoms with Gasteiger partial charge in [0.25, 0.3) is 5.91 Å². The van der Waals surface area contributed by atoms with Crippen LogP contribution in [0.4, 0.5) is 5.82 Å². The minimum absolute atomic E-state index is 0.104. The van der Waals surface area contributed by atoms with Crippen LogP contribution in [0.5, 0.6) is 5.75 Å². The normalized spacial score (nSPS) is 14.3. The summed E-state index contributed by atoms with van der Waals surface area (Å²) in [5.41, 5.74) is 1.29. The number of methoxy groups -OCH3 is 1. The van der Waals surface area contributed by atoms with Crippen molar-refractivity contribution in [2.24, 2.45) is 0 Å². The maximum absolute atomic E-state index is 13.3. The number of hydrogen-bond donors (Lipinski definition) is 0. The summed E-state index contributed by atoms with van der Waals surface area (Å²) >= 11 is 0. The van der Waals surface area contributed by atoms with Crippen LogP contribution < -0.4 is 9.64 Å². The Balaban J connectivity index is 1.62. The highest BCUT2D eigenvalue weighted by Gasteiger charge is 2.30. The van der Waals surface area contributed by atoms with Crippen LogP contribution in [-0.2, 0) is 0 Å². The minimum Gasteiger partial charge on any atom is -0.497 e. The van der Waals surface area contributed by atoms with E-state index < -0.39 is 0 Å². The number of amides is 1. The first kappa shape index (κ1) is 17.3. The minimum atomic E-state index is -0.104. The lowest BCUT2D eigenvalue weighted by molar-refractivity contribution is 0.0971. The van der Waals surface area contributed by atoms with Gasteiger partial charge in [-0.2, -0.15) is 5.10 Å². The lowest BCUT2D eigenvalue weighted by Gasteiger charge is -2.27. The fourth-order valence-electron chi connectivity index (χ4n) is 3.56. The van der Waals surface area contributed by atoms with E-state index in [1.807, 2.05) is 47.4 Å². The molecule has 6 heteroatoms. The Hall–Kier alpha value is -3.15. The zero-order chi connectivity index (χ0) is 18.6. The molecule has 0 N–H and O–H groups in total. The van der Waals surface area contributed by atoms with Crippen molar-refractivity contribution in [3.8, 4) is 11.4 Å². The molecule has 138 valence electrons. The molecule has 0 saturated heterocycles. The highest BCUT2D eigenvalue weighted by atomic mass is 16.5. The summed E-state index contributed by atoms with van der Waals surface area (Å²) in [6.07, 6.45) is 7.81. The van der Waals surface area contributed by atoms with Crippen molar-refractivity contribution >= 4 is 11.7 Å². The number of pyridine rings is 1. The second-order valence-corrected chi connectivity index (χ2v) is 6.64. The first-order chi connectivity index (χ1) is 13.3. The molecule has 1 saturated carbocycles. The van der Waals surface area contributed by atoms with Gasteiger partial charge in [-0.05, 0) is 55.3 Å². The van der Waals surface area contributed by atoms with Gasteiger partial charge in [0.05, 0.1) is 12.8 Å². The zero-order valence-electron chi connectivity index (χ0n) is 15.3. The van der Waals surface area contributed by atoms with E-state index in [1.54, 1.807) is 30.3 Å². The molecule has 1 amide bonds. The highest BCUT2D eigenvalue weighted by molar-refractivity contribution is 6.04. The van der Waals surface area contributed by atoms with E-state index in [9.17, 15) is 4.79 Å². The van der Waals surface area contributed by atoms with Gasteiger partial charge in [0.2, 0.25) is 0 Å². The third kappa shape index (κ3) is 3.56. The van der Waals surface area contributed by atoms with Crippen LogP contribution in [0.2, 0.25) is 0 Å². The molecule has 2 aromatic heterocycles. The number of benzene rings is 1. The number of carbonyl (C=O) groups is 1. The summed E-state index contributed by atoms with van der Waals surface area (Å²) in [7, 11) is 1.63. The van der Waals surface area contributed by atoms with E-state index in [4.69, 9.17) is 4.74 Å². The molecular weight excluding hydrogens is 340 g/mol. The molecular formula is C21H22N4O2. The van der Waals surface area contributed by atoms with Gasteiger partial charge in [-0.15, -0.1) is 0 Å². The molecule has 1 aliphatic rings. The van der Waals surface area contributed by atoms with E-state index in [-0.39, 0.29) is 11.9 Å². The first-order valence-corrected chi connectivity index (χ1v) is 9.21. The average molecular weight is 362 g/mol. The van der Waals surface area contributed by atoms with Crippen molar-refractivity contribution in [1.82, 2.24) is 14.8 Å². The topological polar surface area (TPSA) is 60.2 Å². The highest BCUT2D eigenvalue weighted by Crippen LogP contribution is 2.28. The van der Waals surface area contributed by atoms with Crippen LogP contribution in [0.25, 0.3) is 5.69 Å². The van der Waals surface area contributed by atoms with Gasteiger partial charge in [-0.25, -0.2) is 9.67 Å².